The van der Waals surface area contributed by atoms with Crippen molar-refractivity contribution >= 4 is 34.4 Å². The molecule has 6 heteroatoms. The highest BCUT2D eigenvalue weighted by molar-refractivity contribution is 7.80. The second kappa shape index (κ2) is 5.85. The minimum absolute atomic E-state index is 0.387. The molecule has 0 fully saturated rings. The Morgan fingerprint density at radius 3 is 2.65 bits per heavy atom. The van der Waals surface area contributed by atoms with Gasteiger partial charge in [-0.2, -0.15) is 0 Å². The van der Waals surface area contributed by atoms with E-state index in [-0.39, 0.29) is 0 Å². The van der Waals surface area contributed by atoms with E-state index in [0.717, 1.165) is 34.9 Å². The Morgan fingerprint density at radius 1 is 1.40 bits per heavy atom. The molecule has 0 saturated carbocycles. The molecule has 106 valence electrons. The fourth-order valence-electron chi connectivity index (χ4n) is 2.17. The fraction of sp³-hybridized carbons (Fsp3) is 0.357. The van der Waals surface area contributed by atoms with Gasteiger partial charge in [0.05, 0.1) is 23.3 Å². The maximum absolute atomic E-state index is 5.86. The van der Waals surface area contributed by atoms with E-state index in [1.54, 1.807) is 11.3 Å². The number of anilines is 1. The average molecular weight is 306 g/mol. The molecule has 0 radical (unpaired) electrons. The zero-order valence-electron chi connectivity index (χ0n) is 12.1. The minimum Gasteiger partial charge on any atom is -0.389 e. The van der Waals surface area contributed by atoms with Gasteiger partial charge >= 0.3 is 0 Å². The first-order valence-electron chi connectivity index (χ1n) is 6.28. The molecule has 0 atom stereocenters. The number of hydrogen-bond acceptors (Lipinski definition) is 5. The van der Waals surface area contributed by atoms with E-state index in [4.69, 9.17) is 18.0 Å². The van der Waals surface area contributed by atoms with Gasteiger partial charge in [-0.25, -0.2) is 9.97 Å². The van der Waals surface area contributed by atoms with Gasteiger partial charge in [0.25, 0.3) is 0 Å². The van der Waals surface area contributed by atoms with Crippen LogP contribution in [0.4, 0.5) is 5.82 Å². The highest BCUT2D eigenvalue weighted by Crippen LogP contribution is 2.24. The Hall–Kier alpha value is -1.53. The van der Waals surface area contributed by atoms with E-state index in [1.165, 1.54) is 4.88 Å². The van der Waals surface area contributed by atoms with Crippen molar-refractivity contribution in [2.45, 2.75) is 27.3 Å². The highest BCUT2D eigenvalue weighted by atomic mass is 32.1. The highest BCUT2D eigenvalue weighted by Gasteiger charge is 2.16. The third-order valence-electron chi connectivity index (χ3n) is 3.16. The van der Waals surface area contributed by atoms with Gasteiger partial charge < -0.3 is 10.6 Å². The standard InChI is InChI=1S/C14H18N4S2/c1-8-5-9(2)17-14(12(8)13(15)19)18(4)6-11-10(3)16-7-20-11/h5,7H,6H2,1-4H3,(H2,15,19). The maximum Gasteiger partial charge on any atom is 0.139 e. The Kier molecular flexibility index (Phi) is 4.35. The van der Waals surface area contributed by atoms with Crippen molar-refractivity contribution in [1.82, 2.24) is 9.97 Å². The quantitative estimate of drug-likeness (QED) is 0.880. The average Bonchev–Trinajstić information content (AvgIpc) is 2.73. The van der Waals surface area contributed by atoms with Crippen LogP contribution in [0.5, 0.6) is 0 Å². The lowest BCUT2D eigenvalue weighted by Gasteiger charge is -2.22. The van der Waals surface area contributed by atoms with E-state index in [0.29, 0.717) is 4.99 Å². The molecule has 4 nitrogen and oxygen atoms in total. The third-order valence-corrected chi connectivity index (χ3v) is 4.28. The molecule has 2 N–H and O–H groups in total. The first-order valence-corrected chi connectivity index (χ1v) is 7.57. The smallest absolute Gasteiger partial charge is 0.139 e. The summed E-state index contributed by atoms with van der Waals surface area (Å²) >= 11 is 6.83. The van der Waals surface area contributed by atoms with Gasteiger partial charge in [-0.05, 0) is 32.4 Å². The molecule has 0 unspecified atom stereocenters. The zero-order valence-corrected chi connectivity index (χ0v) is 13.7. The van der Waals surface area contributed by atoms with E-state index in [2.05, 4.69) is 14.9 Å². The summed E-state index contributed by atoms with van der Waals surface area (Å²) in [6.45, 7) is 6.76. The molecule has 0 saturated heterocycles. The van der Waals surface area contributed by atoms with Crippen molar-refractivity contribution in [1.29, 1.82) is 0 Å². The lowest BCUT2D eigenvalue weighted by atomic mass is 10.1. The molecule has 2 aromatic rings. The first-order chi connectivity index (χ1) is 9.40. The molecule has 0 amide bonds. The normalized spacial score (nSPS) is 10.6. The number of pyridine rings is 1. The number of nitrogens with zero attached hydrogens (tertiary/aromatic N) is 3. The topological polar surface area (TPSA) is 55.0 Å². The van der Waals surface area contributed by atoms with Gasteiger partial charge in [0.15, 0.2) is 0 Å². The van der Waals surface area contributed by atoms with Crippen molar-refractivity contribution in [3.05, 3.63) is 39.0 Å². The summed E-state index contributed by atoms with van der Waals surface area (Å²) in [6, 6.07) is 2.00. The van der Waals surface area contributed by atoms with Crippen LogP contribution in [-0.2, 0) is 6.54 Å². The van der Waals surface area contributed by atoms with Crippen molar-refractivity contribution in [3.63, 3.8) is 0 Å². The molecule has 0 aliphatic rings. The summed E-state index contributed by atoms with van der Waals surface area (Å²) in [5, 5.41) is 0. The van der Waals surface area contributed by atoms with Crippen LogP contribution in [0.25, 0.3) is 0 Å². The largest absolute Gasteiger partial charge is 0.389 e. The van der Waals surface area contributed by atoms with Crippen LogP contribution in [-0.4, -0.2) is 22.0 Å². The molecule has 0 aliphatic heterocycles. The fourth-order valence-corrected chi connectivity index (χ4v) is 3.25. The number of thiazole rings is 1. The van der Waals surface area contributed by atoms with E-state index in [9.17, 15) is 0 Å². The summed E-state index contributed by atoms with van der Waals surface area (Å²) in [5.41, 5.74) is 11.7. The number of aryl methyl sites for hydroxylation is 3. The SMILES string of the molecule is Cc1cc(C)c(C(N)=S)c(N(C)Cc2scnc2C)n1. The molecule has 0 aliphatic carbocycles. The minimum atomic E-state index is 0.387. The summed E-state index contributed by atoms with van der Waals surface area (Å²) in [7, 11) is 2.00. The molecule has 2 heterocycles. The monoisotopic (exact) mass is 306 g/mol. The molecule has 0 spiro atoms. The number of thiocarbonyl (C=S) groups is 1. The van der Waals surface area contributed by atoms with Crippen LogP contribution in [0.3, 0.4) is 0 Å². The molecular formula is C14H18N4S2. The molecule has 0 aromatic carbocycles. The number of hydrogen-bond donors (Lipinski definition) is 1. The van der Waals surface area contributed by atoms with Crippen molar-refractivity contribution < 1.29 is 0 Å². The number of aromatic nitrogens is 2. The number of rotatable bonds is 4. The molecule has 0 bridgehead atoms. The Morgan fingerprint density at radius 2 is 2.10 bits per heavy atom. The van der Waals surface area contributed by atoms with E-state index < -0.39 is 0 Å². The summed E-state index contributed by atoms with van der Waals surface area (Å²) < 4.78 is 0. The molecule has 2 aromatic heterocycles. The summed E-state index contributed by atoms with van der Waals surface area (Å²) in [4.78, 5) is 12.6. The van der Waals surface area contributed by atoms with Crippen molar-refractivity contribution in [2.75, 3.05) is 11.9 Å². The van der Waals surface area contributed by atoms with Gasteiger partial charge in [-0.3, -0.25) is 0 Å². The Balaban J connectivity index is 2.41. The Labute approximate surface area is 128 Å². The third kappa shape index (κ3) is 2.96. The molecule has 20 heavy (non-hydrogen) atoms. The van der Waals surface area contributed by atoms with Crippen LogP contribution in [0, 0.1) is 20.8 Å². The lowest BCUT2D eigenvalue weighted by Crippen LogP contribution is -2.24. The first kappa shape index (κ1) is 14.9. The second-order valence-electron chi connectivity index (χ2n) is 4.86. The summed E-state index contributed by atoms with van der Waals surface area (Å²) in [5.74, 6) is 0.836. The van der Waals surface area contributed by atoms with E-state index in [1.807, 2.05) is 39.4 Å². The van der Waals surface area contributed by atoms with E-state index >= 15 is 0 Å². The molecular weight excluding hydrogens is 288 g/mol. The van der Waals surface area contributed by atoms with Gasteiger partial charge in [0, 0.05) is 17.6 Å². The Bertz CT molecular complexity index is 649. The van der Waals surface area contributed by atoms with Crippen LogP contribution in [0.1, 0.15) is 27.4 Å². The van der Waals surface area contributed by atoms with Gasteiger partial charge in [-0.15, -0.1) is 11.3 Å². The van der Waals surface area contributed by atoms with Crippen LogP contribution < -0.4 is 10.6 Å². The predicted molar refractivity (Wildman–Crippen MR) is 88.6 cm³/mol. The zero-order chi connectivity index (χ0) is 14.9. The lowest BCUT2D eigenvalue weighted by molar-refractivity contribution is 0.891. The van der Waals surface area contributed by atoms with Crippen molar-refractivity contribution in [2.24, 2.45) is 5.73 Å². The maximum atomic E-state index is 5.86. The van der Waals surface area contributed by atoms with Crippen LogP contribution >= 0.6 is 23.6 Å². The van der Waals surface area contributed by atoms with Gasteiger partial charge in [-0.1, -0.05) is 12.2 Å². The van der Waals surface area contributed by atoms with Gasteiger partial charge in [0.1, 0.15) is 10.8 Å². The second-order valence-corrected chi connectivity index (χ2v) is 6.24. The predicted octanol–water partition coefficient (Wildman–Crippen LogP) is 2.73. The van der Waals surface area contributed by atoms with Gasteiger partial charge in [0.2, 0.25) is 0 Å². The van der Waals surface area contributed by atoms with Crippen molar-refractivity contribution in [3.8, 4) is 0 Å². The van der Waals surface area contributed by atoms with Crippen LogP contribution in [0.2, 0.25) is 0 Å². The van der Waals surface area contributed by atoms with Crippen LogP contribution in [0.15, 0.2) is 11.6 Å². The molecule has 2 rings (SSSR count). The number of nitrogens with two attached hydrogens (primary N) is 1. The summed E-state index contributed by atoms with van der Waals surface area (Å²) in [6.07, 6.45) is 0.